The third-order valence-electron chi connectivity index (χ3n) is 4.75. The Labute approximate surface area is 168 Å². The summed E-state index contributed by atoms with van der Waals surface area (Å²) in [6.07, 6.45) is 2.51. The van der Waals surface area contributed by atoms with Gasteiger partial charge in [-0.25, -0.2) is 9.48 Å². The number of carbonyl (C=O) groups excluding carboxylic acids is 2. The van der Waals surface area contributed by atoms with Gasteiger partial charge >= 0.3 is 5.97 Å². The lowest BCUT2D eigenvalue weighted by Gasteiger charge is -2.30. The predicted octanol–water partition coefficient (Wildman–Crippen LogP) is 2.63. The van der Waals surface area contributed by atoms with E-state index in [1.54, 1.807) is 52.2 Å². The number of morpholine rings is 1. The molecule has 7 heteroatoms. The predicted molar refractivity (Wildman–Crippen MR) is 106 cm³/mol. The van der Waals surface area contributed by atoms with Gasteiger partial charge in [-0.15, -0.1) is 0 Å². The molecule has 1 aliphatic rings. The SMILES string of the molecule is O=C(O[C@@H](C(=O)N1CCOCC1)c1ccccc1)c1ccc(-n2cccn2)cc1. The Morgan fingerprint density at radius 3 is 2.34 bits per heavy atom. The summed E-state index contributed by atoms with van der Waals surface area (Å²) in [6.45, 7) is 1.93. The number of amides is 1. The molecule has 1 fully saturated rings. The fourth-order valence-electron chi connectivity index (χ4n) is 3.19. The minimum Gasteiger partial charge on any atom is -0.444 e. The first-order valence-corrected chi connectivity index (χ1v) is 9.45. The van der Waals surface area contributed by atoms with Gasteiger partial charge in [0, 0.05) is 31.0 Å². The maximum Gasteiger partial charge on any atom is 0.339 e. The monoisotopic (exact) mass is 391 g/mol. The molecule has 1 saturated heterocycles. The summed E-state index contributed by atoms with van der Waals surface area (Å²) >= 11 is 0. The van der Waals surface area contributed by atoms with Crippen LogP contribution in [-0.4, -0.2) is 52.9 Å². The van der Waals surface area contributed by atoms with Crippen LogP contribution in [0.4, 0.5) is 0 Å². The summed E-state index contributed by atoms with van der Waals surface area (Å²) in [7, 11) is 0. The van der Waals surface area contributed by atoms with Crippen molar-refractivity contribution in [2.45, 2.75) is 6.10 Å². The van der Waals surface area contributed by atoms with Crippen molar-refractivity contribution in [3.63, 3.8) is 0 Å². The van der Waals surface area contributed by atoms with Crippen molar-refractivity contribution in [1.82, 2.24) is 14.7 Å². The highest BCUT2D eigenvalue weighted by molar-refractivity contribution is 5.93. The Balaban J connectivity index is 1.53. The molecule has 0 bridgehead atoms. The fourth-order valence-corrected chi connectivity index (χ4v) is 3.19. The molecule has 1 atom stereocenters. The van der Waals surface area contributed by atoms with E-state index in [0.29, 0.717) is 37.4 Å². The number of rotatable bonds is 5. The van der Waals surface area contributed by atoms with Gasteiger partial charge in [0.15, 0.2) is 0 Å². The van der Waals surface area contributed by atoms with Gasteiger partial charge in [0.05, 0.1) is 24.5 Å². The van der Waals surface area contributed by atoms with Crippen LogP contribution in [0.15, 0.2) is 73.1 Å². The number of hydrogen-bond acceptors (Lipinski definition) is 5. The number of esters is 1. The third kappa shape index (κ3) is 4.35. The molecule has 2 heterocycles. The minimum atomic E-state index is -0.993. The lowest BCUT2D eigenvalue weighted by atomic mass is 10.1. The number of nitrogens with zero attached hydrogens (tertiary/aromatic N) is 3. The summed E-state index contributed by atoms with van der Waals surface area (Å²) in [6, 6.07) is 17.8. The van der Waals surface area contributed by atoms with Crippen LogP contribution in [0.5, 0.6) is 0 Å². The van der Waals surface area contributed by atoms with Crippen molar-refractivity contribution < 1.29 is 19.1 Å². The van der Waals surface area contributed by atoms with E-state index in [1.165, 1.54) is 0 Å². The molecule has 29 heavy (non-hydrogen) atoms. The first-order chi connectivity index (χ1) is 14.2. The van der Waals surface area contributed by atoms with Gasteiger partial charge in [-0.2, -0.15) is 5.10 Å². The topological polar surface area (TPSA) is 73.7 Å². The van der Waals surface area contributed by atoms with E-state index in [4.69, 9.17) is 9.47 Å². The van der Waals surface area contributed by atoms with Gasteiger partial charge in [0.2, 0.25) is 6.10 Å². The van der Waals surface area contributed by atoms with E-state index in [0.717, 1.165) is 5.69 Å². The second-order valence-corrected chi connectivity index (χ2v) is 6.63. The van der Waals surface area contributed by atoms with E-state index in [9.17, 15) is 9.59 Å². The third-order valence-corrected chi connectivity index (χ3v) is 4.75. The quantitative estimate of drug-likeness (QED) is 0.625. The molecule has 1 aromatic heterocycles. The molecular weight excluding hydrogens is 370 g/mol. The standard InChI is InChI=1S/C22H21N3O4/c26-21(24-13-15-28-16-14-24)20(17-5-2-1-3-6-17)29-22(27)18-7-9-19(10-8-18)25-12-4-11-23-25/h1-12,20H,13-16H2/t20-/m1/s1. The van der Waals surface area contributed by atoms with Crippen molar-refractivity contribution in [3.8, 4) is 5.69 Å². The Morgan fingerprint density at radius 2 is 1.69 bits per heavy atom. The highest BCUT2D eigenvalue weighted by atomic mass is 16.5. The number of hydrogen-bond donors (Lipinski definition) is 0. The van der Waals surface area contributed by atoms with Crippen LogP contribution in [0.3, 0.4) is 0 Å². The maximum atomic E-state index is 13.1. The highest BCUT2D eigenvalue weighted by Gasteiger charge is 2.30. The fraction of sp³-hybridized carbons (Fsp3) is 0.227. The molecule has 0 unspecified atom stereocenters. The second-order valence-electron chi connectivity index (χ2n) is 6.63. The molecule has 1 amide bonds. The summed E-state index contributed by atoms with van der Waals surface area (Å²) in [5, 5.41) is 4.16. The Hall–Kier alpha value is -3.45. The molecule has 3 aromatic rings. The summed E-state index contributed by atoms with van der Waals surface area (Å²) < 4.78 is 12.7. The molecular formula is C22H21N3O4. The lowest BCUT2D eigenvalue weighted by Crippen LogP contribution is -2.44. The van der Waals surface area contributed by atoms with E-state index in [-0.39, 0.29) is 5.91 Å². The summed E-state index contributed by atoms with van der Waals surface area (Å²) in [4.78, 5) is 27.5. The van der Waals surface area contributed by atoms with Crippen molar-refractivity contribution in [2.24, 2.45) is 0 Å². The smallest absolute Gasteiger partial charge is 0.339 e. The van der Waals surface area contributed by atoms with Gasteiger partial charge < -0.3 is 14.4 Å². The van der Waals surface area contributed by atoms with Crippen LogP contribution in [-0.2, 0) is 14.3 Å². The van der Waals surface area contributed by atoms with Crippen molar-refractivity contribution in [2.75, 3.05) is 26.3 Å². The van der Waals surface area contributed by atoms with Crippen LogP contribution in [0.25, 0.3) is 5.69 Å². The average molecular weight is 391 g/mol. The molecule has 0 aliphatic carbocycles. The average Bonchev–Trinajstić information content (AvgIpc) is 3.33. The summed E-state index contributed by atoms with van der Waals surface area (Å²) in [5.74, 6) is -0.784. The lowest BCUT2D eigenvalue weighted by molar-refractivity contribution is -0.145. The minimum absolute atomic E-state index is 0.235. The maximum absolute atomic E-state index is 13.1. The number of aromatic nitrogens is 2. The number of ether oxygens (including phenoxy) is 2. The molecule has 0 N–H and O–H groups in total. The van der Waals surface area contributed by atoms with Crippen molar-refractivity contribution >= 4 is 11.9 Å². The van der Waals surface area contributed by atoms with Gasteiger partial charge in [-0.3, -0.25) is 4.79 Å². The Morgan fingerprint density at radius 1 is 0.966 bits per heavy atom. The zero-order valence-corrected chi connectivity index (χ0v) is 15.8. The number of benzene rings is 2. The van der Waals surface area contributed by atoms with Gasteiger partial charge in [-0.1, -0.05) is 30.3 Å². The second kappa shape index (κ2) is 8.70. The first kappa shape index (κ1) is 18.9. The Kier molecular flexibility index (Phi) is 5.67. The number of carbonyl (C=O) groups is 2. The largest absolute Gasteiger partial charge is 0.444 e. The molecule has 0 spiro atoms. The van der Waals surface area contributed by atoms with Crippen LogP contribution in [0.1, 0.15) is 22.0 Å². The van der Waals surface area contributed by atoms with Crippen LogP contribution in [0.2, 0.25) is 0 Å². The summed E-state index contributed by atoms with van der Waals surface area (Å²) in [5.41, 5.74) is 1.85. The van der Waals surface area contributed by atoms with Gasteiger partial charge in [-0.05, 0) is 30.3 Å². The molecule has 2 aromatic carbocycles. The first-order valence-electron chi connectivity index (χ1n) is 9.45. The molecule has 1 aliphatic heterocycles. The zero-order valence-electron chi connectivity index (χ0n) is 15.8. The molecule has 0 radical (unpaired) electrons. The molecule has 0 saturated carbocycles. The van der Waals surface area contributed by atoms with E-state index in [2.05, 4.69) is 5.10 Å². The molecule has 4 rings (SSSR count). The highest BCUT2D eigenvalue weighted by Crippen LogP contribution is 2.23. The Bertz CT molecular complexity index is 949. The normalized spacial score (nSPS) is 15.0. The van der Waals surface area contributed by atoms with E-state index >= 15 is 0 Å². The molecule has 7 nitrogen and oxygen atoms in total. The van der Waals surface area contributed by atoms with Crippen LogP contribution >= 0.6 is 0 Å². The molecule has 148 valence electrons. The van der Waals surface area contributed by atoms with Crippen LogP contribution < -0.4 is 0 Å². The van der Waals surface area contributed by atoms with E-state index in [1.807, 2.05) is 30.5 Å². The van der Waals surface area contributed by atoms with Crippen molar-refractivity contribution in [1.29, 1.82) is 0 Å². The van der Waals surface area contributed by atoms with Gasteiger partial charge in [0.1, 0.15) is 0 Å². The van der Waals surface area contributed by atoms with Gasteiger partial charge in [0.25, 0.3) is 5.91 Å². The van der Waals surface area contributed by atoms with Crippen molar-refractivity contribution in [3.05, 3.63) is 84.2 Å². The zero-order chi connectivity index (χ0) is 20.1. The van der Waals surface area contributed by atoms with E-state index < -0.39 is 12.1 Å². The van der Waals surface area contributed by atoms with Crippen LogP contribution in [0, 0.1) is 0 Å².